The largest absolute Gasteiger partial charge is 0.607 e. The summed E-state index contributed by atoms with van der Waals surface area (Å²) in [4.78, 5) is 60.6. The predicted octanol–water partition coefficient (Wildman–Crippen LogP) is 0.766. The minimum Gasteiger partial charge on any atom is -0.607 e. The first kappa shape index (κ1) is 30.1. The Morgan fingerprint density at radius 3 is 2.18 bits per heavy atom. The minimum atomic E-state index is -1.55. The third-order valence-corrected chi connectivity index (χ3v) is 6.39. The molecule has 0 saturated carbocycles. The van der Waals surface area contributed by atoms with E-state index in [-0.39, 0.29) is 0 Å². The van der Waals surface area contributed by atoms with Crippen LogP contribution in [0, 0.1) is 0 Å². The molecular formula is C26H30N4O7S. The average Bonchev–Trinajstić information content (AvgIpc) is 2.92. The van der Waals surface area contributed by atoms with E-state index >= 15 is 0 Å². The van der Waals surface area contributed by atoms with Gasteiger partial charge in [-0.25, -0.2) is 0 Å². The van der Waals surface area contributed by atoms with Crippen molar-refractivity contribution in [3.05, 3.63) is 77.7 Å². The smallest absolute Gasteiger partial charge is 0.305 e. The van der Waals surface area contributed by atoms with Gasteiger partial charge in [0, 0.05) is 11.2 Å². The molecule has 11 nitrogen and oxygen atoms in total. The lowest BCUT2D eigenvalue weighted by atomic mass is 10.1. The summed E-state index contributed by atoms with van der Waals surface area (Å²) >= 11 is -1.55. The molecule has 0 aliphatic heterocycles. The Morgan fingerprint density at radius 2 is 1.61 bits per heavy atom. The number of hydrogen-bond donors (Lipinski definition) is 5. The first-order chi connectivity index (χ1) is 18.2. The van der Waals surface area contributed by atoms with Gasteiger partial charge in [0.1, 0.15) is 17.5 Å². The van der Waals surface area contributed by atoms with Crippen LogP contribution in [0.3, 0.4) is 0 Å². The number of benzene rings is 2. The van der Waals surface area contributed by atoms with E-state index in [1.165, 1.54) is 11.5 Å². The Bertz CT molecular complexity index is 1120. The van der Waals surface area contributed by atoms with Gasteiger partial charge in [0.25, 0.3) is 0 Å². The number of aliphatic carboxylic acids is 1. The molecule has 2 aromatic rings. The molecule has 0 radical (unpaired) electrons. The molecule has 0 saturated heterocycles. The molecule has 12 heteroatoms. The molecule has 4 amide bonds. The van der Waals surface area contributed by atoms with E-state index in [1.54, 1.807) is 67.6 Å². The van der Waals surface area contributed by atoms with E-state index in [1.807, 2.05) is 0 Å². The maximum Gasteiger partial charge on any atom is 0.305 e. The maximum atomic E-state index is 12.9. The van der Waals surface area contributed by atoms with Crippen molar-refractivity contribution in [2.24, 2.45) is 0 Å². The second-order valence-corrected chi connectivity index (χ2v) is 9.36. The molecule has 0 aromatic heterocycles. The molecular weight excluding hydrogens is 512 g/mol. The molecule has 2 rings (SSSR count). The molecule has 202 valence electrons. The zero-order valence-corrected chi connectivity index (χ0v) is 21.5. The van der Waals surface area contributed by atoms with Crippen LogP contribution in [-0.2, 0) is 35.1 Å². The van der Waals surface area contributed by atoms with Gasteiger partial charge in [-0.1, -0.05) is 55.5 Å². The lowest BCUT2D eigenvalue weighted by Crippen LogP contribution is -2.49. The maximum absolute atomic E-state index is 12.9. The molecule has 2 aromatic carbocycles. The summed E-state index contributed by atoms with van der Waals surface area (Å²) < 4.78 is 12.4. The first-order valence-electron chi connectivity index (χ1n) is 11.7. The highest BCUT2D eigenvalue weighted by atomic mass is 32.2. The van der Waals surface area contributed by atoms with Gasteiger partial charge in [-0.15, -0.1) is 0 Å². The molecule has 38 heavy (non-hydrogen) atoms. The van der Waals surface area contributed by atoms with Crippen LogP contribution in [0.1, 0.15) is 31.4 Å². The number of carboxylic acid groups (broad SMARTS) is 1. The number of rotatable bonds is 15. The standard InChI is InChI=1S/C26H30N4O7S/c1-2-21(28-17-31)25(35)30-24(18-9-5-3-6-10-18)26(36)27-16-22(32)29-19(15-23(33)34)13-14-38(37)20-11-7-4-8-12-20/h3-14,17,19,21,24H,2,15-16H2,1H3,(H,27,36)(H,28,31)(H,29,32)(H,30,35)(H,33,34)/b14-13+/t19?,21-,24?,38?/m0/s1. The van der Waals surface area contributed by atoms with Crippen LogP contribution in [-0.4, -0.2) is 58.4 Å². The number of carboxylic acids is 1. The van der Waals surface area contributed by atoms with Crippen LogP contribution in [0.25, 0.3) is 0 Å². The fourth-order valence-corrected chi connectivity index (χ4v) is 4.25. The van der Waals surface area contributed by atoms with Crippen molar-refractivity contribution in [3.8, 4) is 0 Å². The molecule has 4 atom stereocenters. The fourth-order valence-electron chi connectivity index (χ4n) is 3.33. The van der Waals surface area contributed by atoms with Crippen LogP contribution in [0.15, 0.2) is 77.0 Å². The molecule has 0 bridgehead atoms. The summed E-state index contributed by atoms with van der Waals surface area (Å²) in [6.07, 6.45) is 1.55. The third-order valence-electron chi connectivity index (χ3n) is 5.25. The van der Waals surface area contributed by atoms with E-state index in [0.717, 1.165) is 0 Å². The highest BCUT2D eigenvalue weighted by Crippen LogP contribution is 2.14. The first-order valence-corrected chi connectivity index (χ1v) is 12.9. The highest BCUT2D eigenvalue weighted by molar-refractivity contribution is 7.94. The van der Waals surface area contributed by atoms with Gasteiger partial charge in [0.05, 0.1) is 19.0 Å². The van der Waals surface area contributed by atoms with E-state index in [2.05, 4.69) is 21.3 Å². The second kappa shape index (κ2) is 15.8. The Balaban J connectivity index is 2.05. The summed E-state index contributed by atoms with van der Waals surface area (Å²) in [6, 6.07) is 13.9. The van der Waals surface area contributed by atoms with Crippen molar-refractivity contribution in [1.82, 2.24) is 21.3 Å². The molecule has 0 fully saturated rings. The Labute approximate surface area is 223 Å². The summed E-state index contributed by atoms with van der Waals surface area (Å²) in [5.41, 5.74) is 0.454. The third kappa shape index (κ3) is 10.1. The second-order valence-electron chi connectivity index (χ2n) is 8.03. The predicted molar refractivity (Wildman–Crippen MR) is 140 cm³/mol. The highest BCUT2D eigenvalue weighted by Gasteiger charge is 2.26. The summed E-state index contributed by atoms with van der Waals surface area (Å²) in [5.74, 6) is -3.13. The van der Waals surface area contributed by atoms with E-state index in [4.69, 9.17) is 0 Å². The molecule has 3 unspecified atom stereocenters. The van der Waals surface area contributed by atoms with E-state index < -0.39 is 66.0 Å². The van der Waals surface area contributed by atoms with Gasteiger partial charge >= 0.3 is 5.97 Å². The van der Waals surface area contributed by atoms with Crippen molar-refractivity contribution in [3.63, 3.8) is 0 Å². The number of nitrogens with one attached hydrogen (secondary N) is 4. The fraction of sp³-hybridized carbons (Fsp3) is 0.269. The van der Waals surface area contributed by atoms with Gasteiger partial charge in [0.15, 0.2) is 4.90 Å². The van der Waals surface area contributed by atoms with Gasteiger partial charge in [-0.3, -0.25) is 24.0 Å². The number of carbonyl (C=O) groups excluding carboxylic acids is 4. The zero-order valence-electron chi connectivity index (χ0n) is 20.7. The summed E-state index contributed by atoms with van der Waals surface area (Å²) in [5, 5.41) is 20.4. The van der Waals surface area contributed by atoms with Gasteiger partial charge < -0.3 is 30.9 Å². The van der Waals surface area contributed by atoms with Crippen LogP contribution in [0.4, 0.5) is 0 Å². The van der Waals surface area contributed by atoms with Crippen molar-refractivity contribution in [2.75, 3.05) is 6.54 Å². The Morgan fingerprint density at radius 1 is 0.974 bits per heavy atom. The topological polar surface area (TPSA) is 177 Å². The molecule has 5 N–H and O–H groups in total. The normalized spacial score (nSPS) is 13.9. The van der Waals surface area contributed by atoms with Crippen molar-refractivity contribution in [2.45, 2.75) is 42.8 Å². The monoisotopic (exact) mass is 542 g/mol. The molecule has 0 aliphatic carbocycles. The van der Waals surface area contributed by atoms with Crippen molar-refractivity contribution >= 4 is 41.3 Å². The molecule has 0 aliphatic rings. The summed E-state index contributed by atoms with van der Waals surface area (Å²) in [6.45, 7) is 1.19. The van der Waals surface area contributed by atoms with Gasteiger partial charge in [-0.2, -0.15) is 0 Å². The van der Waals surface area contributed by atoms with E-state index in [0.29, 0.717) is 23.3 Å². The number of carbonyl (C=O) groups is 5. The lowest BCUT2D eigenvalue weighted by molar-refractivity contribution is -0.137. The quantitative estimate of drug-likeness (QED) is 0.163. The number of hydrogen-bond acceptors (Lipinski definition) is 6. The zero-order chi connectivity index (χ0) is 27.9. The minimum absolute atomic E-state index is 0.295. The Kier molecular flexibility index (Phi) is 12.5. The molecule has 0 heterocycles. The van der Waals surface area contributed by atoms with Crippen molar-refractivity contribution in [1.29, 1.82) is 0 Å². The SMILES string of the molecule is CC[C@H](NC=O)C(=O)NC(C(=O)NCC(=O)NC(/C=C/[S+]([O-])c1ccccc1)CC(=O)O)c1ccccc1. The molecule has 0 spiro atoms. The van der Waals surface area contributed by atoms with Crippen LogP contribution < -0.4 is 21.3 Å². The summed E-state index contributed by atoms with van der Waals surface area (Å²) in [7, 11) is 0. The van der Waals surface area contributed by atoms with Crippen molar-refractivity contribution < 1.29 is 33.6 Å². The van der Waals surface area contributed by atoms with Gasteiger partial charge in [0.2, 0.25) is 24.1 Å². The average molecular weight is 543 g/mol. The Hall–Kier alpha value is -4.16. The van der Waals surface area contributed by atoms with Gasteiger partial charge in [-0.05, 0) is 30.2 Å². The lowest BCUT2D eigenvalue weighted by Gasteiger charge is -2.22. The van der Waals surface area contributed by atoms with Crippen LogP contribution in [0.2, 0.25) is 0 Å². The van der Waals surface area contributed by atoms with Crippen LogP contribution in [0.5, 0.6) is 0 Å². The van der Waals surface area contributed by atoms with E-state index in [9.17, 15) is 33.6 Å². The van der Waals surface area contributed by atoms with Crippen LogP contribution >= 0.6 is 0 Å². The number of amides is 4.